The van der Waals surface area contributed by atoms with Crippen molar-refractivity contribution in [1.82, 2.24) is 4.90 Å². The Morgan fingerprint density at radius 1 is 1.00 bits per heavy atom. The standard InChI is InChI=1S/C17H14F2N2O3/c18-14-6-5-10(7-15(14)19)20-8-11(22)9-21-16(23)12-3-1-2-4-13(12)17(21)24/h1-7,11,20,22H,8-9H2. The molecule has 2 amide bonds. The Hall–Kier alpha value is -2.80. The lowest BCUT2D eigenvalue weighted by Gasteiger charge is -2.19. The van der Waals surface area contributed by atoms with Crippen LogP contribution in [0.1, 0.15) is 20.7 Å². The van der Waals surface area contributed by atoms with Gasteiger partial charge in [0, 0.05) is 18.3 Å². The third-order valence-corrected chi connectivity index (χ3v) is 3.73. The number of hydrogen-bond donors (Lipinski definition) is 2. The van der Waals surface area contributed by atoms with Crippen LogP contribution in [0.2, 0.25) is 0 Å². The van der Waals surface area contributed by atoms with Gasteiger partial charge in [-0.1, -0.05) is 12.1 Å². The van der Waals surface area contributed by atoms with Crippen molar-refractivity contribution in [3.05, 3.63) is 65.2 Å². The number of carbonyl (C=O) groups is 2. The fraction of sp³-hybridized carbons (Fsp3) is 0.176. The van der Waals surface area contributed by atoms with Crippen LogP contribution >= 0.6 is 0 Å². The molecule has 0 aliphatic carbocycles. The zero-order valence-electron chi connectivity index (χ0n) is 12.5. The minimum Gasteiger partial charge on any atom is -0.389 e. The van der Waals surface area contributed by atoms with E-state index in [1.54, 1.807) is 24.3 Å². The second kappa shape index (κ2) is 6.37. The van der Waals surface area contributed by atoms with E-state index in [-0.39, 0.29) is 18.8 Å². The van der Waals surface area contributed by atoms with Crippen LogP contribution in [-0.2, 0) is 0 Å². The lowest BCUT2D eigenvalue weighted by atomic mass is 10.1. The molecule has 124 valence electrons. The van der Waals surface area contributed by atoms with Crippen molar-refractivity contribution in [3.8, 4) is 0 Å². The molecular weight excluding hydrogens is 318 g/mol. The molecule has 0 fully saturated rings. The number of nitrogens with one attached hydrogen (secondary N) is 1. The van der Waals surface area contributed by atoms with E-state index in [1.807, 2.05) is 0 Å². The largest absolute Gasteiger partial charge is 0.389 e. The molecule has 0 saturated carbocycles. The first-order valence-electron chi connectivity index (χ1n) is 7.29. The molecule has 5 nitrogen and oxygen atoms in total. The normalized spacial score (nSPS) is 14.7. The van der Waals surface area contributed by atoms with E-state index in [1.165, 1.54) is 6.07 Å². The molecule has 3 rings (SSSR count). The van der Waals surface area contributed by atoms with Gasteiger partial charge in [-0.3, -0.25) is 14.5 Å². The van der Waals surface area contributed by atoms with Gasteiger partial charge in [0.25, 0.3) is 11.8 Å². The number of anilines is 1. The minimum atomic E-state index is -1.06. The van der Waals surface area contributed by atoms with Crippen LogP contribution in [0, 0.1) is 11.6 Å². The highest BCUT2D eigenvalue weighted by molar-refractivity contribution is 6.21. The molecule has 1 aliphatic heterocycles. The second-order valence-corrected chi connectivity index (χ2v) is 5.43. The van der Waals surface area contributed by atoms with E-state index >= 15 is 0 Å². The molecule has 2 aromatic carbocycles. The van der Waals surface area contributed by atoms with Crippen molar-refractivity contribution in [3.63, 3.8) is 0 Å². The molecule has 7 heteroatoms. The summed E-state index contributed by atoms with van der Waals surface area (Å²) in [5.41, 5.74) is 0.904. The zero-order valence-corrected chi connectivity index (χ0v) is 12.5. The Kier molecular flexibility index (Phi) is 4.26. The first-order chi connectivity index (χ1) is 11.5. The average molecular weight is 332 g/mol. The molecular formula is C17H14F2N2O3. The summed E-state index contributed by atoms with van der Waals surface area (Å²) in [6, 6.07) is 9.69. The van der Waals surface area contributed by atoms with E-state index in [2.05, 4.69) is 5.32 Å². The Morgan fingerprint density at radius 2 is 1.62 bits per heavy atom. The lowest BCUT2D eigenvalue weighted by Crippen LogP contribution is -2.39. The fourth-order valence-corrected chi connectivity index (χ4v) is 2.52. The van der Waals surface area contributed by atoms with Crippen molar-refractivity contribution in [2.45, 2.75) is 6.10 Å². The van der Waals surface area contributed by atoms with Gasteiger partial charge in [-0.2, -0.15) is 0 Å². The topological polar surface area (TPSA) is 69.6 Å². The van der Waals surface area contributed by atoms with Crippen molar-refractivity contribution in [1.29, 1.82) is 0 Å². The first-order valence-corrected chi connectivity index (χ1v) is 7.29. The van der Waals surface area contributed by atoms with Gasteiger partial charge in [0.1, 0.15) is 0 Å². The van der Waals surface area contributed by atoms with E-state index in [4.69, 9.17) is 0 Å². The highest BCUT2D eigenvalue weighted by atomic mass is 19.2. The van der Waals surface area contributed by atoms with Gasteiger partial charge in [-0.05, 0) is 24.3 Å². The first kappa shape index (κ1) is 16.1. The number of benzene rings is 2. The molecule has 1 heterocycles. The monoisotopic (exact) mass is 332 g/mol. The van der Waals surface area contributed by atoms with E-state index in [0.717, 1.165) is 17.0 Å². The van der Waals surface area contributed by atoms with Crippen molar-refractivity contribution in [2.75, 3.05) is 18.4 Å². The third-order valence-electron chi connectivity index (χ3n) is 3.73. The van der Waals surface area contributed by atoms with Gasteiger partial charge >= 0.3 is 0 Å². The van der Waals surface area contributed by atoms with Crippen LogP contribution in [0.3, 0.4) is 0 Å². The van der Waals surface area contributed by atoms with E-state index < -0.39 is 29.6 Å². The molecule has 24 heavy (non-hydrogen) atoms. The molecule has 0 saturated heterocycles. The number of carbonyl (C=O) groups excluding carboxylic acids is 2. The van der Waals surface area contributed by atoms with Crippen molar-refractivity contribution < 1.29 is 23.5 Å². The summed E-state index contributed by atoms with van der Waals surface area (Å²) in [6.45, 7) is -0.221. The van der Waals surface area contributed by atoms with Crippen LogP contribution in [-0.4, -0.2) is 41.0 Å². The number of β-amino-alcohol motifs (C(OH)–C–C–N with tert-alkyl or cyclic N) is 1. The SMILES string of the molecule is O=C1c2ccccc2C(=O)N1CC(O)CNc1ccc(F)c(F)c1. The molecule has 1 atom stereocenters. The predicted octanol–water partition coefficient (Wildman–Crippen LogP) is 2.03. The third kappa shape index (κ3) is 2.98. The number of nitrogens with zero attached hydrogens (tertiary/aromatic N) is 1. The summed E-state index contributed by atoms with van der Waals surface area (Å²) in [4.78, 5) is 25.3. The minimum absolute atomic E-state index is 0.0293. The van der Waals surface area contributed by atoms with Crippen LogP contribution in [0.4, 0.5) is 14.5 Å². The Morgan fingerprint density at radius 3 is 2.21 bits per heavy atom. The van der Waals surface area contributed by atoms with Gasteiger partial charge in [0.05, 0.1) is 23.8 Å². The molecule has 0 bridgehead atoms. The summed E-state index contributed by atoms with van der Waals surface area (Å²) >= 11 is 0. The highest BCUT2D eigenvalue weighted by Gasteiger charge is 2.35. The van der Waals surface area contributed by atoms with Gasteiger partial charge in [0.2, 0.25) is 0 Å². The van der Waals surface area contributed by atoms with Gasteiger partial charge in [-0.25, -0.2) is 8.78 Å². The van der Waals surface area contributed by atoms with Crippen LogP contribution in [0.25, 0.3) is 0 Å². The number of fused-ring (bicyclic) bond motifs is 1. The Labute approximate surface area is 136 Å². The number of aliphatic hydroxyl groups excluding tert-OH is 1. The maximum atomic E-state index is 13.1. The van der Waals surface area contributed by atoms with Crippen LogP contribution in [0.15, 0.2) is 42.5 Å². The molecule has 1 aliphatic rings. The highest BCUT2D eigenvalue weighted by Crippen LogP contribution is 2.22. The summed E-state index contributed by atoms with van der Waals surface area (Å²) < 4.78 is 26.0. The summed E-state index contributed by atoms with van der Waals surface area (Å²) in [7, 11) is 0. The summed E-state index contributed by atoms with van der Waals surface area (Å²) in [5.74, 6) is -2.88. The number of hydrogen-bond acceptors (Lipinski definition) is 4. The molecule has 0 spiro atoms. The fourth-order valence-electron chi connectivity index (χ4n) is 2.52. The van der Waals surface area contributed by atoms with Crippen LogP contribution < -0.4 is 5.32 Å². The van der Waals surface area contributed by atoms with E-state index in [9.17, 15) is 23.5 Å². The summed E-state index contributed by atoms with van der Waals surface area (Å²) in [5, 5.41) is 12.8. The number of amides is 2. The van der Waals surface area contributed by atoms with Crippen molar-refractivity contribution in [2.24, 2.45) is 0 Å². The van der Waals surface area contributed by atoms with E-state index in [0.29, 0.717) is 11.1 Å². The molecule has 2 N–H and O–H groups in total. The number of aliphatic hydroxyl groups is 1. The summed E-state index contributed by atoms with van der Waals surface area (Å²) in [6.07, 6.45) is -1.06. The maximum Gasteiger partial charge on any atom is 0.261 e. The molecule has 2 aromatic rings. The second-order valence-electron chi connectivity index (χ2n) is 5.43. The molecule has 0 aromatic heterocycles. The quantitative estimate of drug-likeness (QED) is 0.822. The number of imide groups is 1. The lowest BCUT2D eigenvalue weighted by molar-refractivity contribution is 0.0558. The number of halogens is 2. The van der Waals surface area contributed by atoms with Crippen molar-refractivity contribution >= 4 is 17.5 Å². The predicted molar refractivity (Wildman–Crippen MR) is 82.7 cm³/mol. The van der Waals surface area contributed by atoms with Gasteiger partial charge in [0.15, 0.2) is 11.6 Å². The van der Waals surface area contributed by atoms with Gasteiger partial charge < -0.3 is 10.4 Å². The Balaban J connectivity index is 1.61. The molecule has 0 radical (unpaired) electrons. The van der Waals surface area contributed by atoms with Crippen LogP contribution in [0.5, 0.6) is 0 Å². The molecule has 1 unspecified atom stereocenters. The average Bonchev–Trinajstić information content (AvgIpc) is 2.81. The Bertz CT molecular complexity index is 775. The van der Waals surface area contributed by atoms with Gasteiger partial charge in [-0.15, -0.1) is 0 Å². The maximum absolute atomic E-state index is 13.1. The smallest absolute Gasteiger partial charge is 0.261 e. The zero-order chi connectivity index (χ0) is 17.3. The number of rotatable bonds is 5.